The first kappa shape index (κ1) is 8.77. The Morgan fingerprint density at radius 3 is 2.77 bits per heavy atom. The third kappa shape index (κ3) is 2.32. The third-order valence-corrected chi connectivity index (χ3v) is 2.11. The zero-order valence-electron chi connectivity index (χ0n) is 7.32. The molecule has 1 atom stereocenters. The van der Waals surface area contributed by atoms with E-state index in [0.29, 0.717) is 13.0 Å². The number of hydrogen-bond acceptors (Lipinski definition) is 4. The number of ether oxygens (including phenoxy) is 3. The molecule has 2 heterocycles. The van der Waals surface area contributed by atoms with Gasteiger partial charge in [-0.1, -0.05) is 0 Å². The minimum Gasteiger partial charge on any atom is -0.447 e. The Kier molecular flexibility index (Phi) is 2.65. The van der Waals surface area contributed by atoms with E-state index in [9.17, 15) is 4.79 Å². The van der Waals surface area contributed by atoms with Crippen molar-refractivity contribution < 1.29 is 19.0 Å². The van der Waals surface area contributed by atoms with Crippen LogP contribution in [0.4, 0.5) is 4.79 Å². The Morgan fingerprint density at radius 2 is 2.15 bits per heavy atom. The molecule has 0 aliphatic carbocycles. The van der Waals surface area contributed by atoms with Gasteiger partial charge in [-0.3, -0.25) is 0 Å². The molecular weight excluding hydrogens is 174 g/mol. The number of hydrogen-bond donors (Lipinski definition) is 1. The maximum absolute atomic E-state index is 10.7. The van der Waals surface area contributed by atoms with Crippen LogP contribution in [0.2, 0.25) is 0 Å². The van der Waals surface area contributed by atoms with E-state index in [2.05, 4.69) is 5.32 Å². The standard InChI is InChI=1S/C8H13NO4/c10-8-9-6(5-13-8)4-7-11-2-1-3-12-7/h6-7H,1-5H2,(H,9,10)/t6-/m0/s1. The number of amides is 1. The Balaban J connectivity index is 1.73. The second-order valence-corrected chi connectivity index (χ2v) is 3.20. The SMILES string of the molecule is O=C1N[C@@H](CC2OCCCO2)CO1. The summed E-state index contributed by atoms with van der Waals surface area (Å²) < 4.78 is 15.4. The molecule has 0 radical (unpaired) electrons. The van der Waals surface area contributed by atoms with Crippen LogP contribution < -0.4 is 5.32 Å². The second-order valence-electron chi connectivity index (χ2n) is 3.20. The molecule has 2 fully saturated rings. The summed E-state index contributed by atoms with van der Waals surface area (Å²) in [6, 6.07) is 0.0376. The highest BCUT2D eigenvalue weighted by Crippen LogP contribution is 2.13. The first-order chi connectivity index (χ1) is 6.34. The predicted molar refractivity (Wildman–Crippen MR) is 43.2 cm³/mol. The van der Waals surface area contributed by atoms with Gasteiger partial charge in [0.2, 0.25) is 0 Å². The van der Waals surface area contributed by atoms with Gasteiger partial charge in [0.15, 0.2) is 6.29 Å². The summed E-state index contributed by atoms with van der Waals surface area (Å²) in [5.74, 6) is 0. The zero-order chi connectivity index (χ0) is 9.10. The molecule has 0 unspecified atom stereocenters. The minimum atomic E-state index is -0.346. The Hall–Kier alpha value is -0.810. The van der Waals surface area contributed by atoms with Crippen molar-refractivity contribution in [1.82, 2.24) is 5.32 Å². The van der Waals surface area contributed by atoms with E-state index < -0.39 is 0 Å². The molecule has 5 heteroatoms. The van der Waals surface area contributed by atoms with Crippen LogP contribution in [0.1, 0.15) is 12.8 Å². The van der Waals surface area contributed by atoms with Gasteiger partial charge >= 0.3 is 6.09 Å². The van der Waals surface area contributed by atoms with Gasteiger partial charge in [-0.15, -0.1) is 0 Å². The molecule has 0 saturated carbocycles. The molecule has 74 valence electrons. The lowest BCUT2D eigenvalue weighted by Gasteiger charge is -2.24. The van der Waals surface area contributed by atoms with Crippen molar-refractivity contribution in [2.75, 3.05) is 19.8 Å². The Morgan fingerprint density at radius 1 is 1.38 bits per heavy atom. The van der Waals surface area contributed by atoms with Crippen LogP contribution in [0.3, 0.4) is 0 Å². The third-order valence-electron chi connectivity index (χ3n) is 2.11. The number of nitrogens with one attached hydrogen (secondary N) is 1. The lowest BCUT2D eigenvalue weighted by Crippen LogP contribution is -2.35. The number of rotatable bonds is 2. The van der Waals surface area contributed by atoms with Crippen LogP contribution in [0.5, 0.6) is 0 Å². The van der Waals surface area contributed by atoms with Crippen molar-refractivity contribution in [3.8, 4) is 0 Å². The molecule has 1 amide bonds. The normalized spacial score (nSPS) is 29.8. The monoisotopic (exact) mass is 187 g/mol. The number of cyclic esters (lactones) is 1. The van der Waals surface area contributed by atoms with E-state index in [1.54, 1.807) is 0 Å². The summed E-state index contributed by atoms with van der Waals surface area (Å²) in [6.07, 6.45) is 1.09. The van der Waals surface area contributed by atoms with Crippen molar-refractivity contribution in [3.05, 3.63) is 0 Å². The molecule has 2 aliphatic heterocycles. The molecule has 0 aromatic rings. The van der Waals surface area contributed by atoms with Crippen molar-refractivity contribution >= 4 is 6.09 Å². The minimum absolute atomic E-state index is 0.0376. The largest absolute Gasteiger partial charge is 0.447 e. The summed E-state index contributed by atoms with van der Waals surface area (Å²) in [6.45, 7) is 1.90. The van der Waals surface area contributed by atoms with E-state index in [1.165, 1.54) is 0 Å². The molecule has 5 nitrogen and oxygen atoms in total. The van der Waals surface area contributed by atoms with Crippen LogP contribution in [0.25, 0.3) is 0 Å². The van der Waals surface area contributed by atoms with Crippen LogP contribution >= 0.6 is 0 Å². The van der Waals surface area contributed by atoms with Crippen LogP contribution in [-0.4, -0.2) is 38.2 Å². The van der Waals surface area contributed by atoms with Crippen molar-refractivity contribution in [3.63, 3.8) is 0 Å². The van der Waals surface area contributed by atoms with Gasteiger partial charge in [0.05, 0.1) is 19.3 Å². The first-order valence-electron chi connectivity index (χ1n) is 4.51. The van der Waals surface area contributed by atoms with Gasteiger partial charge in [-0.25, -0.2) is 4.79 Å². The molecule has 13 heavy (non-hydrogen) atoms. The molecular formula is C8H13NO4. The topological polar surface area (TPSA) is 56.8 Å². The highest BCUT2D eigenvalue weighted by atomic mass is 16.7. The maximum atomic E-state index is 10.7. The van der Waals surface area contributed by atoms with Crippen molar-refractivity contribution in [2.45, 2.75) is 25.2 Å². The van der Waals surface area contributed by atoms with E-state index in [4.69, 9.17) is 14.2 Å². The lowest BCUT2D eigenvalue weighted by molar-refractivity contribution is -0.183. The van der Waals surface area contributed by atoms with E-state index in [0.717, 1.165) is 19.6 Å². The number of alkyl carbamates (subject to hydrolysis) is 1. The fourth-order valence-electron chi connectivity index (χ4n) is 1.46. The molecule has 0 aromatic heterocycles. The number of carbonyl (C=O) groups is 1. The van der Waals surface area contributed by atoms with Gasteiger partial charge < -0.3 is 19.5 Å². The maximum Gasteiger partial charge on any atom is 0.407 e. The Bertz CT molecular complexity index is 191. The van der Waals surface area contributed by atoms with Gasteiger partial charge in [0, 0.05) is 6.42 Å². The highest BCUT2D eigenvalue weighted by molar-refractivity contribution is 5.69. The van der Waals surface area contributed by atoms with Gasteiger partial charge in [0.25, 0.3) is 0 Å². The fraction of sp³-hybridized carbons (Fsp3) is 0.875. The average molecular weight is 187 g/mol. The lowest BCUT2D eigenvalue weighted by atomic mass is 10.2. The van der Waals surface area contributed by atoms with Crippen LogP contribution in [-0.2, 0) is 14.2 Å². The molecule has 0 spiro atoms. The predicted octanol–water partition coefficient (Wildman–Crippen LogP) is 0.248. The fourth-order valence-corrected chi connectivity index (χ4v) is 1.46. The summed E-state index contributed by atoms with van der Waals surface area (Å²) in [5, 5.41) is 2.68. The summed E-state index contributed by atoms with van der Waals surface area (Å²) in [4.78, 5) is 10.7. The molecule has 2 saturated heterocycles. The zero-order valence-corrected chi connectivity index (χ0v) is 7.32. The van der Waals surface area contributed by atoms with E-state index >= 15 is 0 Å². The second kappa shape index (κ2) is 3.93. The van der Waals surface area contributed by atoms with E-state index in [-0.39, 0.29) is 18.4 Å². The summed E-state index contributed by atoms with van der Waals surface area (Å²) in [5.41, 5.74) is 0. The van der Waals surface area contributed by atoms with Gasteiger partial charge in [-0.2, -0.15) is 0 Å². The van der Waals surface area contributed by atoms with Crippen LogP contribution in [0.15, 0.2) is 0 Å². The van der Waals surface area contributed by atoms with Crippen molar-refractivity contribution in [1.29, 1.82) is 0 Å². The highest BCUT2D eigenvalue weighted by Gasteiger charge is 2.27. The Labute approximate surface area is 76.3 Å². The average Bonchev–Trinajstić information content (AvgIpc) is 2.53. The van der Waals surface area contributed by atoms with Crippen molar-refractivity contribution in [2.24, 2.45) is 0 Å². The molecule has 2 rings (SSSR count). The van der Waals surface area contributed by atoms with Gasteiger partial charge in [0.1, 0.15) is 6.61 Å². The molecule has 2 aliphatic rings. The number of carbonyl (C=O) groups excluding carboxylic acids is 1. The quantitative estimate of drug-likeness (QED) is 0.673. The smallest absolute Gasteiger partial charge is 0.407 e. The summed E-state index contributed by atoms with van der Waals surface area (Å²) in [7, 11) is 0. The molecule has 1 N–H and O–H groups in total. The first-order valence-corrected chi connectivity index (χ1v) is 4.51. The van der Waals surface area contributed by atoms with E-state index in [1.807, 2.05) is 0 Å². The molecule has 0 aromatic carbocycles. The van der Waals surface area contributed by atoms with Gasteiger partial charge in [-0.05, 0) is 6.42 Å². The summed E-state index contributed by atoms with van der Waals surface area (Å²) >= 11 is 0. The van der Waals surface area contributed by atoms with Crippen LogP contribution in [0, 0.1) is 0 Å². The molecule has 0 bridgehead atoms.